The lowest BCUT2D eigenvalue weighted by molar-refractivity contribution is -0.120. The molecule has 21 heavy (non-hydrogen) atoms. The fraction of sp³-hybridized carbons (Fsp3) is 0.462. The third-order valence-electron chi connectivity index (χ3n) is 2.81. The Morgan fingerprint density at radius 3 is 2.52 bits per heavy atom. The van der Waals surface area contributed by atoms with Crippen LogP contribution < -0.4 is 15.8 Å². The maximum absolute atomic E-state index is 12.1. The van der Waals surface area contributed by atoms with E-state index in [2.05, 4.69) is 10.0 Å². The minimum atomic E-state index is -3.41. The van der Waals surface area contributed by atoms with Crippen molar-refractivity contribution in [1.29, 1.82) is 0 Å². The maximum atomic E-state index is 12.1. The zero-order chi connectivity index (χ0) is 16.3. The lowest BCUT2D eigenvalue weighted by Crippen LogP contribution is -2.48. The van der Waals surface area contributed by atoms with E-state index < -0.39 is 15.6 Å². The number of hydrogen-bond donors (Lipinski definition) is 3. The molecule has 0 heterocycles. The Morgan fingerprint density at radius 2 is 2.05 bits per heavy atom. The van der Waals surface area contributed by atoms with Gasteiger partial charge in [0.05, 0.1) is 22.5 Å². The largest absolute Gasteiger partial charge is 0.324 e. The smallest absolute Gasteiger partial charge is 0.244 e. The molecule has 1 aromatic carbocycles. The summed E-state index contributed by atoms with van der Waals surface area (Å²) in [5.74, 6) is -0.316. The van der Waals surface area contributed by atoms with E-state index in [1.807, 2.05) is 6.92 Å². The number of nitrogens with two attached hydrogens (primary N) is 1. The van der Waals surface area contributed by atoms with Crippen LogP contribution in [-0.4, -0.2) is 26.1 Å². The number of anilines is 2. The molecule has 0 aromatic heterocycles. The van der Waals surface area contributed by atoms with Gasteiger partial charge in [-0.2, -0.15) is 0 Å². The van der Waals surface area contributed by atoms with Crippen LogP contribution in [0.4, 0.5) is 11.4 Å². The highest BCUT2D eigenvalue weighted by molar-refractivity contribution is 7.92. The number of sulfonamides is 1. The Morgan fingerprint density at radius 1 is 1.43 bits per heavy atom. The monoisotopic (exact) mass is 333 g/mol. The molecule has 0 bridgehead atoms. The SMILES string of the molecule is CCCC(C)(N)C(=O)Nc1ccc(NS(C)(=O)=O)c(Cl)c1. The molecular weight excluding hydrogens is 314 g/mol. The van der Waals surface area contributed by atoms with Crippen LogP contribution in [0.2, 0.25) is 5.02 Å². The summed E-state index contributed by atoms with van der Waals surface area (Å²) in [6.45, 7) is 3.61. The second kappa shape index (κ2) is 6.64. The van der Waals surface area contributed by atoms with E-state index in [0.717, 1.165) is 12.7 Å². The Kier molecular flexibility index (Phi) is 5.61. The topological polar surface area (TPSA) is 101 Å². The maximum Gasteiger partial charge on any atom is 0.244 e. The summed E-state index contributed by atoms with van der Waals surface area (Å²) >= 11 is 5.98. The summed E-state index contributed by atoms with van der Waals surface area (Å²) in [7, 11) is -3.41. The molecule has 4 N–H and O–H groups in total. The molecule has 1 aromatic rings. The predicted molar refractivity (Wildman–Crippen MR) is 86.0 cm³/mol. The van der Waals surface area contributed by atoms with Crippen LogP contribution >= 0.6 is 11.6 Å². The van der Waals surface area contributed by atoms with Gasteiger partial charge >= 0.3 is 0 Å². The Hall–Kier alpha value is -1.31. The molecule has 0 aliphatic carbocycles. The summed E-state index contributed by atoms with van der Waals surface area (Å²) in [6.07, 6.45) is 2.38. The van der Waals surface area contributed by atoms with Crippen LogP contribution in [-0.2, 0) is 14.8 Å². The van der Waals surface area contributed by atoms with Crippen molar-refractivity contribution in [2.24, 2.45) is 5.73 Å². The molecule has 0 aliphatic heterocycles. The van der Waals surface area contributed by atoms with Crippen molar-refractivity contribution < 1.29 is 13.2 Å². The number of hydrogen-bond acceptors (Lipinski definition) is 4. The summed E-state index contributed by atoms with van der Waals surface area (Å²) < 4.78 is 24.6. The van der Waals surface area contributed by atoms with Gasteiger partial charge in [-0.05, 0) is 31.5 Å². The van der Waals surface area contributed by atoms with Crippen molar-refractivity contribution in [2.75, 3.05) is 16.3 Å². The molecule has 1 unspecified atom stereocenters. The van der Waals surface area contributed by atoms with Crippen LogP contribution in [0.1, 0.15) is 26.7 Å². The number of amides is 1. The Balaban J connectivity index is 2.88. The predicted octanol–water partition coefficient (Wildman–Crippen LogP) is 2.17. The van der Waals surface area contributed by atoms with Gasteiger partial charge in [-0.1, -0.05) is 24.9 Å². The Bertz CT molecular complexity index is 630. The molecule has 0 saturated heterocycles. The zero-order valence-corrected chi connectivity index (χ0v) is 13.8. The van der Waals surface area contributed by atoms with Crippen LogP contribution in [0.25, 0.3) is 0 Å². The number of benzene rings is 1. The first kappa shape index (κ1) is 17.7. The second-order valence-corrected chi connectivity index (χ2v) is 7.35. The lowest BCUT2D eigenvalue weighted by Gasteiger charge is -2.23. The minimum absolute atomic E-state index is 0.187. The number of carbonyl (C=O) groups is 1. The Labute approximate surface area is 130 Å². The van der Waals surface area contributed by atoms with Crippen LogP contribution in [0.15, 0.2) is 18.2 Å². The molecule has 0 fully saturated rings. The second-order valence-electron chi connectivity index (χ2n) is 5.19. The van der Waals surface area contributed by atoms with E-state index in [9.17, 15) is 13.2 Å². The molecule has 0 saturated carbocycles. The molecule has 1 atom stereocenters. The molecular formula is C13H20ClN3O3S. The van der Waals surface area contributed by atoms with Crippen molar-refractivity contribution in [3.63, 3.8) is 0 Å². The van der Waals surface area contributed by atoms with Gasteiger partial charge in [0.2, 0.25) is 15.9 Å². The van der Waals surface area contributed by atoms with E-state index >= 15 is 0 Å². The molecule has 1 rings (SSSR count). The first-order valence-corrected chi connectivity index (χ1v) is 8.70. The highest BCUT2D eigenvalue weighted by Crippen LogP contribution is 2.26. The van der Waals surface area contributed by atoms with Gasteiger partial charge in [0.1, 0.15) is 0 Å². The third-order valence-corrected chi connectivity index (χ3v) is 3.71. The number of halogens is 1. The van der Waals surface area contributed by atoms with Crippen LogP contribution in [0.3, 0.4) is 0 Å². The minimum Gasteiger partial charge on any atom is -0.324 e. The van der Waals surface area contributed by atoms with Crippen LogP contribution in [0, 0.1) is 0 Å². The van der Waals surface area contributed by atoms with Gasteiger partial charge in [0, 0.05) is 5.69 Å². The molecule has 118 valence electrons. The number of carbonyl (C=O) groups excluding carboxylic acids is 1. The quantitative estimate of drug-likeness (QED) is 0.742. The fourth-order valence-electron chi connectivity index (χ4n) is 1.78. The van der Waals surface area contributed by atoms with Crippen molar-refractivity contribution >= 4 is 38.9 Å². The van der Waals surface area contributed by atoms with Gasteiger partial charge in [0.25, 0.3) is 0 Å². The van der Waals surface area contributed by atoms with Crippen molar-refractivity contribution in [1.82, 2.24) is 0 Å². The highest BCUT2D eigenvalue weighted by atomic mass is 35.5. The summed E-state index contributed by atoms with van der Waals surface area (Å²) in [5, 5.41) is 2.86. The van der Waals surface area contributed by atoms with Gasteiger partial charge in [-0.25, -0.2) is 8.42 Å². The molecule has 0 radical (unpaired) electrons. The first-order valence-electron chi connectivity index (χ1n) is 6.43. The van der Waals surface area contributed by atoms with Crippen molar-refractivity contribution in [2.45, 2.75) is 32.2 Å². The number of nitrogens with one attached hydrogen (secondary N) is 2. The van der Waals surface area contributed by atoms with Gasteiger partial charge in [0.15, 0.2) is 0 Å². The summed E-state index contributed by atoms with van der Waals surface area (Å²) in [4.78, 5) is 12.1. The normalized spacial score (nSPS) is 14.3. The van der Waals surface area contributed by atoms with E-state index in [-0.39, 0.29) is 16.6 Å². The average molecular weight is 334 g/mol. The standard InChI is InChI=1S/C13H20ClN3O3S/c1-4-7-13(2,15)12(18)16-9-5-6-11(10(14)8-9)17-21(3,19)20/h5-6,8,17H,4,7,15H2,1-3H3,(H,16,18). The van der Waals surface area contributed by atoms with Crippen molar-refractivity contribution in [3.8, 4) is 0 Å². The number of rotatable bonds is 6. The van der Waals surface area contributed by atoms with Crippen LogP contribution in [0.5, 0.6) is 0 Å². The average Bonchev–Trinajstić information content (AvgIpc) is 2.31. The third kappa shape index (κ3) is 5.53. The summed E-state index contributed by atoms with van der Waals surface area (Å²) in [6, 6.07) is 4.50. The first-order chi connectivity index (χ1) is 9.55. The fourth-order valence-corrected chi connectivity index (χ4v) is 2.64. The molecule has 0 aliphatic rings. The van der Waals surface area contributed by atoms with E-state index in [0.29, 0.717) is 12.1 Å². The molecule has 8 heteroatoms. The van der Waals surface area contributed by atoms with Gasteiger partial charge in [-0.3, -0.25) is 9.52 Å². The zero-order valence-electron chi connectivity index (χ0n) is 12.2. The summed E-state index contributed by atoms with van der Waals surface area (Å²) in [5.41, 5.74) is 5.67. The van der Waals surface area contributed by atoms with E-state index in [1.54, 1.807) is 13.0 Å². The van der Waals surface area contributed by atoms with E-state index in [4.69, 9.17) is 17.3 Å². The van der Waals surface area contributed by atoms with Gasteiger partial charge in [-0.15, -0.1) is 0 Å². The lowest BCUT2D eigenvalue weighted by atomic mass is 9.96. The highest BCUT2D eigenvalue weighted by Gasteiger charge is 2.27. The van der Waals surface area contributed by atoms with E-state index in [1.165, 1.54) is 12.1 Å². The van der Waals surface area contributed by atoms with Crippen molar-refractivity contribution in [3.05, 3.63) is 23.2 Å². The molecule has 6 nitrogen and oxygen atoms in total. The van der Waals surface area contributed by atoms with Gasteiger partial charge < -0.3 is 11.1 Å². The molecule has 1 amide bonds. The molecule has 0 spiro atoms.